The lowest BCUT2D eigenvalue weighted by Gasteiger charge is -2.17. The van der Waals surface area contributed by atoms with Crippen LogP contribution in [0.3, 0.4) is 0 Å². The summed E-state index contributed by atoms with van der Waals surface area (Å²) in [4.78, 5) is 6.42. The summed E-state index contributed by atoms with van der Waals surface area (Å²) in [5.74, 6) is 1.26. The van der Waals surface area contributed by atoms with Crippen molar-refractivity contribution in [1.82, 2.24) is 10.6 Å². The van der Waals surface area contributed by atoms with Crippen LogP contribution in [0, 0.1) is 0 Å². The molecule has 4 nitrogen and oxygen atoms in total. The van der Waals surface area contributed by atoms with E-state index in [1.54, 1.807) is 7.05 Å². The molecule has 2 aromatic rings. The molecule has 0 amide bonds. The fourth-order valence-electron chi connectivity index (χ4n) is 2.50. The van der Waals surface area contributed by atoms with Crippen molar-refractivity contribution >= 4 is 11.6 Å². The molecule has 24 heavy (non-hydrogen) atoms. The number of guanidine groups is 1. The van der Waals surface area contributed by atoms with Crippen molar-refractivity contribution in [2.75, 3.05) is 32.6 Å². The van der Waals surface area contributed by atoms with Crippen LogP contribution in [-0.4, -0.2) is 33.6 Å². The molecule has 0 bridgehead atoms. The van der Waals surface area contributed by atoms with E-state index < -0.39 is 0 Å². The SMILES string of the molecule is CN=C(NCc1cccc(N(C)C)c1)NCC(C)c1ccccc1. The zero-order valence-electron chi connectivity index (χ0n) is 15.1. The Kier molecular flexibility index (Phi) is 6.67. The molecule has 4 heteroatoms. The Labute approximate surface area is 145 Å². The fraction of sp³-hybridized carbons (Fsp3) is 0.350. The van der Waals surface area contributed by atoms with Crippen LogP contribution >= 0.6 is 0 Å². The number of rotatable bonds is 6. The van der Waals surface area contributed by atoms with Gasteiger partial charge < -0.3 is 15.5 Å². The van der Waals surface area contributed by atoms with E-state index in [2.05, 4.69) is 90.1 Å². The van der Waals surface area contributed by atoms with Gasteiger partial charge in [-0.05, 0) is 29.2 Å². The van der Waals surface area contributed by atoms with E-state index in [0.29, 0.717) is 5.92 Å². The number of hydrogen-bond acceptors (Lipinski definition) is 2. The van der Waals surface area contributed by atoms with Crippen LogP contribution in [0.4, 0.5) is 5.69 Å². The highest BCUT2D eigenvalue weighted by Crippen LogP contribution is 2.14. The number of aliphatic imine (C=N–C) groups is 1. The molecular formula is C20H28N4. The van der Waals surface area contributed by atoms with E-state index in [1.165, 1.54) is 16.8 Å². The summed E-state index contributed by atoms with van der Waals surface area (Å²) in [6.45, 7) is 3.82. The molecule has 128 valence electrons. The summed E-state index contributed by atoms with van der Waals surface area (Å²) in [5.41, 5.74) is 3.77. The minimum atomic E-state index is 0.432. The number of benzene rings is 2. The zero-order valence-corrected chi connectivity index (χ0v) is 15.1. The number of nitrogens with zero attached hydrogens (tertiary/aromatic N) is 2. The van der Waals surface area contributed by atoms with Gasteiger partial charge in [-0.15, -0.1) is 0 Å². The number of anilines is 1. The van der Waals surface area contributed by atoms with Crippen molar-refractivity contribution in [3.8, 4) is 0 Å². The molecule has 0 saturated heterocycles. The number of nitrogens with one attached hydrogen (secondary N) is 2. The molecule has 1 unspecified atom stereocenters. The van der Waals surface area contributed by atoms with Crippen LogP contribution in [-0.2, 0) is 6.54 Å². The third kappa shape index (κ3) is 5.30. The second-order valence-electron chi connectivity index (χ2n) is 6.18. The van der Waals surface area contributed by atoms with Gasteiger partial charge in [0.15, 0.2) is 5.96 Å². The minimum Gasteiger partial charge on any atom is -0.378 e. The predicted octanol–water partition coefficient (Wildman–Crippen LogP) is 3.22. The zero-order chi connectivity index (χ0) is 17.4. The molecule has 0 aliphatic rings. The first-order chi connectivity index (χ1) is 11.6. The number of hydrogen-bond donors (Lipinski definition) is 2. The predicted molar refractivity (Wildman–Crippen MR) is 104 cm³/mol. The third-order valence-corrected chi connectivity index (χ3v) is 4.05. The standard InChI is InChI=1S/C20H28N4/c1-16(18-10-6-5-7-11-18)14-22-20(21-2)23-15-17-9-8-12-19(13-17)24(3)4/h5-13,16H,14-15H2,1-4H3,(H2,21,22,23). The average molecular weight is 324 g/mol. The summed E-state index contributed by atoms with van der Waals surface area (Å²) < 4.78 is 0. The molecule has 0 aliphatic heterocycles. The van der Waals surface area contributed by atoms with Gasteiger partial charge in [-0.25, -0.2) is 0 Å². The summed E-state index contributed by atoms with van der Waals surface area (Å²) >= 11 is 0. The topological polar surface area (TPSA) is 39.7 Å². The van der Waals surface area contributed by atoms with E-state index >= 15 is 0 Å². The average Bonchev–Trinajstić information content (AvgIpc) is 2.62. The molecule has 2 rings (SSSR count). The molecular weight excluding hydrogens is 296 g/mol. The second-order valence-corrected chi connectivity index (χ2v) is 6.18. The molecule has 0 spiro atoms. The lowest BCUT2D eigenvalue weighted by atomic mass is 10.0. The molecule has 0 aromatic heterocycles. The van der Waals surface area contributed by atoms with Gasteiger partial charge in [0.1, 0.15) is 0 Å². The summed E-state index contributed by atoms with van der Waals surface area (Å²) in [6, 6.07) is 19.0. The molecule has 0 aliphatic carbocycles. The molecule has 0 saturated carbocycles. The van der Waals surface area contributed by atoms with Crippen LogP contribution in [0.15, 0.2) is 59.6 Å². The van der Waals surface area contributed by atoms with Crippen LogP contribution in [0.25, 0.3) is 0 Å². The molecule has 2 N–H and O–H groups in total. The highest BCUT2D eigenvalue weighted by atomic mass is 15.2. The van der Waals surface area contributed by atoms with Gasteiger partial charge in [-0.3, -0.25) is 4.99 Å². The molecule has 2 aromatic carbocycles. The molecule has 0 radical (unpaired) electrons. The first-order valence-corrected chi connectivity index (χ1v) is 8.36. The quantitative estimate of drug-likeness (QED) is 0.633. The van der Waals surface area contributed by atoms with Crippen LogP contribution in [0.5, 0.6) is 0 Å². The van der Waals surface area contributed by atoms with Gasteiger partial charge >= 0.3 is 0 Å². The van der Waals surface area contributed by atoms with E-state index in [9.17, 15) is 0 Å². The summed E-state index contributed by atoms with van der Waals surface area (Å²) in [7, 11) is 5.91. The van der Waals surface area contributed by atoms with Crippen molar-refractivity contribution in [3.05, 3.63) is 65.7 Å². The summed E-state index contributed by atoms with van der Waals surface area (Å²) in [5, 5.41) is 6.78. The maximum absolute atomic E-state index is 4.31. The highest BCUT2D eigenvalue weighted by molar-refractivity contribution is 5.79. The Hall–Kier alpha value is -2.49. The van der Waals surface area contributed by atoms with Gasteiger partial charge in [-0.1, -0.05) is 49.4 Å². The Morgan fingerprint density at radius 3 is 2.46 bits per heavy atom. The van der Waals surface area contributed by atoms with Gasteiger partial charge in [-0.2, -0.15) is 0 Å². The first-order valence-electron chi connectivity index (χ1n) is 8.36. The van der Waals surface area contributed by atoms with Gasteiger partial charge in [0.05, 0.1) is 0 Å². The van der Waals surface area contributed by atoms with E-state index in [-0.39, 0.29) is 0 Å². The van der Waals surface area contributed by atoms with Crippen LogP contribution < -0.4 is 15.5 Å². The van der Waals surface area contributed by atoms with E-state index in [1.807, 2.05) is 6.07 Å². The van der Waals surface area contributed by atoms with Crippen LogP contribution in [0.2, 0.25) is 0 Å². The minimum absolute atomic E-state index is 0.432. The van der Waals surface area contributed by atoms with Crippen molar-refractivity contribution in [1.29, 1.82) is 0 Å². The van der Waals surface area contributed by atoms with Crippen LogP contribution in [0.1, 0.15) is 24.0 Å². The Morgan fingerprint density at radius 1 is 1.04 bits per heavy atom. The van der Waals surface area contributed by atoms with Crippen molar-refractivity contribution in [2.45, 2.75) is 19.4 Å². The van der Waals surface area contributed by atoms with E-state index in [0.717, 1.165) is 19.0 Å². The monoisotopic (exact) mass is 324 g/mol. The first kappa shape index (κ1) is 17.9. The summed E-state index contributed by atoms with van der Waals surface area (Å²) in [6.07, 6.45) is 0. The Balaban J connectivity index is 1.85. The normalized spacial score (nSPS) is 12.6. The van der Waals surface area contributed by atoms with E-state index in [4.69, 9.17) is 0 Å². The van der Waals surface area contributed by atoms with Crippen molar-refractivity contribution in [3.63, 3.8) is 0 Å². The molecule has 0 fully saturated rings. The third-order valence-electron chi connectivity index (χ3n) is 4.05. The smallest absolute Gasteiger partial charge is 0.191 e. The Morgan fingerprint density at radius 2 is 1.79 bits per heavy atom. The Bertz CT molecular complexity index is 650. The van der Waals surface area contributed by atoms with Gasteiger partial charge in [0, 0.05) is 39.9 Å². The van der Waals surface area contributed by atoms with Crippen molar-refractivity contribution < 1.29 is 0 Å². The largest absolute Gasteiger partial charge is 0.378 e. The second kappa shape index (κ2) is 8.96. The maximum atomic E-state index is 4.31. The lowest BCUT2D eigenvalue weighted by Crippen LogP contribution is -2.38. The lowest BCUT2D eigenvalue weighted by molar-refractivity contribution is 0.699. The maximum Gasteiger partial charge on any atom is 0.191 e. The fourth-order valence-corrected chi connectivity index (χ4v) is 2.50. The highest BCUT2D eigenvalue weighted by Gasteiger charge is 2.06. The molecule has 1 atom stereocenters. The van der Waals surface area contributed by atoms with Gasteiger partial charge in [0.25, 0.3) is 0 Å². The van der Waals surface area contributed by atoms with Crippen molar-refractivity contribution in [2.24, 2.45) is 4.99 Å². The van der Waals surface area contributed by atoms with Gasteiger partial charge in [0.2, 0.25) is 0 Å². The molecule has 0 heterocycles.